The second kappa shape index (κ2) is 2.37. The van der Waals surface area contributed by atoms with Gasteiger partial charge in [-0.1, -0.05) is 5.10 Å². The highest BCUT2D eigenvalue weighted by molar-refractivity contribution is 9.10. The standard InChI is InChI=1S/C5H4BrN5O/c1-2-3(6)4(12)11-5(7-2)8-9-10-11/h12H,1H3. The molecule has 0 unspecified atom stereocenters. The van der Waals surface area contributed by atoms with E-state index in [1.807, 2.05) is 0 Å². The predicted molar refractivity (Wildman–Crippen MR) is 42.7 cm³/mol. The number of rotatable bonds is 0. The zero-order valence-electron chi connectivity index (χ0n) is 6.06. The molecule has 0 aliphatic carbocycles. The fourth-order valence-electron chi connectivity index (χ4n) is 0.843. The van der Waals surface area contributed by atoms with Gasteiger partial charge in [0, 0.05) is 0 Å². The summed E-state index contributed by atoms with van der Waals surface area (Å²) in [5, 5.41) is 20.0. The Morgan fingerprint density at radius 3 is 3.00 bits per heavy atom. The molecule has 0 fully saturated rings. The van der Waals surface area contributed by atoms with Crippen molar-refractivity contribution in [2.75, 3.05) is 0 Å². The van der Waals surface area contributed by atoms with Crippen LogP contribution in [0.25, 0.3) is 5.78 Å². The first-order valence-electron chi connectivity index (χ1n) is 3.13. The molecule has 0 bridgehead atoms. The van der Waals surface area contributed by atoms with Gasteiger partial charge in [-0.25, -0.2) is 4.98 Å². The third-order valence-corrected chi connectivity index (χ3v) is 2.36. The Kier molecular flexibility index (Phi) is 1.47. The van der Waals surface area contributed by atoms with E-state index in [4.69, 9.17) is 0 Å². The van der Waals surface area contributed by atoms with E-state index in [2.05, 4.69) is 36.4 Å². The van der Waals surface area contributed by atoms with Gasteiger partial charge >= 0.3 is 0 Å². The lowest BCUT2D eigenvalue weighted by molar-refractivity contribution is 0.428. The molecule has 0 saturated carbocycles. The molecule has 7 heteroatoms. The minimum atomic E-state index is -0.0394. The van der Waals surface area contributed by atoms with Crippen molar-refractivity contribution in [1.29, 1.82) is 0 Å². The van der Waals surface area contributed by atoms with Gasteiger partial charge in [0.15, 0.2) is 0 Å². The van der Waals surface area contributed by atoms with Crippen LogP contribution in [-0.2, 0) is 0 Å². The molecule has 1 N–H and O–H groups in total. The average molecular weight is 230 g/mol. The van der Waals surface area contributed by atoms with Gasteiger partial charge in [-0.3, -0.25) is 0 Å². The zero-order valence-corrected chi connectivity index (χ0v) is 7.65. The minimum Gasteiger partial charge on any atom is -0.492 e. The third-order valence-electron chi connectivity index (χ3n) is 1.44. The average Bonchev–Trinajstić information content (AvgIpc) is 2.48. The smallest absolute Gasteiger partial charge is 0.276 e. The molecule has 6 nitrogen and oxygen atoms in total. The Morgan fingerprint density at radius 1 is 1.50 bits per heavy atom. The quantitative estimate of drug-likeness (QED) is 0.704. The van der Waals surface area contributed by atoms with Crippen molar-refractivity contribution in [1.82, 2.24) is 25.0 Å². The van der Waals surface area contributed by atoms with Crippen molar-refractivity contribution >= 4 is 21.7 Å². The lowest BCUT2D eigenvalue weighted by Crippen LogP contribution is -1.95. The van der Waals surface area contributed by atoms with Gasteiger partial charge in [-0.2, -0.15) is 0 Å². The molecule has 2 heterocycles. The molecule has 0 spiro atoms. The minimum absolute atomic E-state index is 0.0394. The van der Waals surface area contributed by atoms with Crippen molar-refractivity contribution in [2.45, 2.75) is 6.92 Å². The molecule has 0 aliphatic rings. The predicted octanol–water partition coefficient (Wildman–Crippen LogP) is 0.296. The molecule has 0 amide bonds. The monoisotopic (exact) mass is 229 g/mol. The van der Waals surface area contributed by atoms with Gasteiger partial charge in [0.25, 0.3) is 5.78 Å². The van der Waals surface area contributed by atoms with E-state index in [9.17, 15) is 5.11 Å². The molecule has 2 rings (SSSR count). The van der Waals surface area contributed by atoms with Crippen LogP contribution in [0.5, 0.6) is 5.88 Å². The summed E-state index contributed by atoms with van der Waals surface area (Å²) in [5.74, 6) is 0.246. The molecule has 62 valence electrons. The number of aryl methyl sites for hydroxylation is 1. The molecule has 0 saturated heterocycles. The molecule has 2 aromatic heterocycles. The van der Waals surface area contributed by atoms with E-state index < -0.39 is 0 Å². The van der Waals surface area contributed by atoms with Gasteiger partial charge in [-0.05, 0) is 33.3 Å². The first-order valence-corrected chi connectivity index (χ1v) is 3.92. The van der Waals surface area contributed by atoms with E-state index in [1.54, 1.807) is 6.92 Å². The molecule has 0 atom stereocenters. The van der Waals surface area contributed by atoms with Crippen molar-refractivity contribution in [3.63, 3.8) is 0 Å². The Bertz CT molecular complexity index is 439. The number of fused-ring (bicyclic) bond motifs is 1. The third kappa shape index (κ3) is 0.860. The van der Waals surface area contributed by atoms with E-state index in [1.165, 1.54) is 0 Å². The molecule has 0 radical (unpaired) electrons. The van der Waals surface area contributed by atoms with Gasteiger partial charge in [0.05, 0.1) is 5.69 Å². The SMILES string of the molecule is Cc1nc2nnnn2c(O)c1Br. The van der Waals surface area contributed by atoms with E-state index >= 15 is 0 Å². The molecule has 2 aromatic rings. The summed E-state index contributed by atoms with van der Waals surface area (Å²) >= 11 is 3.16. The number of tetrazole rings is 1. The summed E-state index contributed by atoms with van der Waals surface area (Å²) in [4.78, 5) is 4.02. The lowest BCUT2D eigenvalue weighted by atomic mass is 10.4. The van der Waals surface area contributed by atoms with Crippen LogP contribution in [-0.4, -0.2) is 30.1 Å². The van der Waals surface area contributed by atoms with Crippen LogP contribution in [0.1, 0.15) is 5.69 Å². The molecular weight excluding hydrogens is 226 g/mol. The second-order valence-electron chi connectivity index (χ2n) is 2.23. The van der Waals surface area contributed by atoms with Gasteiger partial charge in [0.2, 0.25) is 5.88 Å². The van der Waals surface area contributed by atoms with E-state index in [0.29, 0.717) is 10.2 Å². The number of nitrogens with zero attached hydrogens (tertiary/aromatic N) is 5. The maximum Gasteiger partial charge on any atom is 0.276 e. The van der Waals surface area contributed by atoms with Gasteiger partial charge < -0.3 is 5.11 Å². The summed E-state index contributed by atoms with van der Waals surface area (Å²) < 4.78 is 1.65. The molecule has 0 aromatic carbocycles. The zero-order chi connectivity index (χ0) is 8.72. The van der Waals surface area contributed by atoms with Crippen molar-refractivity contribution in [3.8, 4) is 5.88 Å². The van der Waals surface area contributed by atoms with Crippen molar-refractivity contribution in [3.05, 3.63) is 10.2 Å². The van der Waals surface area contributed by atoms with E-state index in [0.717, 1.165) is 4.52 Å². The Balaban J connectivity index is 2.94. The highest BCUT2D eigenvalue weighted by Crippen LogP contribution is 2.24. The normalized spacial score (nSPS) is 10.8. The summed E-state index contributed by atoms with van der Waals surface area (Å²) in [7, 11) is 0. The van der Waals surface area contributed by atoms with Crippen LogP contribution in [0, 0.1) is 6.92 Å². The Labute approximate surface area is 75.4 Å². The van der Waals surface area contributed by atoms with Crippen LogP contribution in [0.4, 0.5) is 0 Å². The number of hydrogen-bond acceptors (Lipinski definition) is 5. The summed E-state index contributed by atoms with van der Waals surface area (Å²) in [6, 6.07) is 0. The van der Waals surface area contributed by atoms with Crippen molar-refractivity contribution in [2.24, 2.45) is 0 Å². The lowest BCUT2D eigenvalue weighted by Gasteiger charge is -1.99. The fourth-order valence-corrected chi connectivity index (χ4v) is 1.10. The number of hydrogen-bond donors (Lipinski definition) is 1. The van der Waals surface area contributed by atoms with Crippen molar-refractivity contribution < 1.29 is 5.11 Å². The topological polar surface area (TPSA) is 76.2 Å². The highest BCUT2D eigenvalue weighted by Gasteiger charge is 2.10. The Hall–Kier alpha value is -1.24. The Morgan fingerprint density at radius 2 is 2.25 bits per heavy atom. The van der Waals surface area contributed by atoms with Crippen LogP contribution in [0.15, 0.2) is 4.47 Å². The summed E-state index contributed by atoms with van der Waals surface area (Å²) in [6.07, 6.45) is 0. The van der Waals surface area contributed by atoms with Gasteiger partial charge in [0.1, 0.15) is 4.47 Å². The maximum absolute atomic E-state index is 9.46. The van der Waals surface area contributed by atoms with Crippen LogP contribution >= 0.6 is 15.9 Å². The van der Waals surface area contributed by atoms with E-state index in [-0.39, 0.29) is 11.7 Å². The number of aromatic hydroxyl groups is 1. The molecular formula is C5H4BrN5O. The first kappa shape index (κ1) is 7.41. The maximum atomic E-state index is 9.46. The molecule has 0 aliphatic heterocycles. The molecule has 12 heavy (non-hydrogen) atoms. The highest BCUT2D eigenvalue weighted by atomic mass is 79.9. The van der Waals surface area contributed by atoms with Gasteiger partial charge in [-0.15, -0.1) is 4.52 Å². The fraction of sp³-hybridized carbons (Fsp3) is 0.200. The first-order chi connectivity index (χ1) is 5.70. The number of aromatic nitrogens is 5. The number of halogens is 1. The summed E-state index contributed by atoms with van der Waals surface area (Å²) in [6.45, 7) is 1.75. The largest absolute Gasteiger partial charge is 0.492 e. The van der Waals surface area contributed by atoms with Crippen LogP contribution in [0.2, 0.25) is 0 Å². The van der Waals surface area contributed by atoms with Crippen LogP contribution in [0.3, 0.4) is 0 Å². The summed E-state index contributed by atoms with van der Waals surface area (Å²) in [5.41, 5.74) is 0.648. The van der Waals surface area contributed by atoms with Crippen LogP contribution < -0.4 is 0 Å². The second-order valence-corrected chi connectivity index (χ2v) is 3.02.